The fourth-order valence-electron chi connectivity index (χ4n) is 2.53. The molecule has 122 valence electrons. The van der Waals surface area contributed by atoms with E-state index in [9.17, 15) is 14.4 Å². The van der Waals surface area contributed by atoms with Crippen molar-refractivity contribution in [3.63, 3.8) is 0 Å². The Hall–Kier alpha value is -2.34. The third-order valence-corrected chi connectivity index (χ3v) is 4.04. The van der Waals surface area contributed by atoms with Gasteiger partial charge in [-0.3, -0.25) is 14.5 Å². The SMILES string of the molecule is C=CCNC(=O)CN1C(=O)N[C@@](CC)(c2ccc(Cl)cc2)C1=O. The summed E-state index contributed by atoms with van der Waals surface area (Å²) < 4.78 is 0. The molecule has 1 saturated heterocycles. The molecule has 2 rings (SSSR count). The summed E-state index contributed by atoms with van der Waals surface area (Å²) in [5.74, 6) is -0.863. The van der Waals surface area contributed by atoms with E-state index in [0.717, 1.165) is 4.90 Å². The van der Waals surface area contributed by atoms with Crippen LogP contribution >= 0.6 is 11.6 Å². The first kappa shape index (κ1) is 17.0. The van der Waals surface area contributed by atoms with Crippen molar-refractivity contribution in [2.45, 2.75) is 18.9 Å². The third-order valence-electron chi connectivity index (χ3n) is 3.79. The summed E-state index contributed by atoms with van der Waals surface area (Å²) in [5, 5.41) is 5.79. The average molecular weight is 336 g/mol. The summed E-state index contributed by atoms with van der Waals surface area (Å²) in [6.45, 7) is 5.24. The Balaban J connectivity index is 2.25. The van der Waals surface area contributed by atoms with Gasteiger partial charge in [-0.2, -0.15) is 0 Å². The number of urea groups is 1. The summed E-state index contributed by atoms with van der Waals surface area (Å²) in [5.41, 5.74) is -0.530. The molecule has 1 fully saturated rings. The molecule has 1 aliphatic heterocycles. The van der Waals surface area contributed by atoms with Crippen LogP contribution in [0.5, 0.6) is 0 Å². The number of halogens is 1. The molecule has 2 N–H and O–H groups in total. The molecule has 0 unspecified atom stereocenters. The van der Waals surface area contributed by atoms with Crippen molar-refractivity contribution in [3.8, 4) is 0 Å². The first-order valence-electron chi connectivity index (χ1n) is 7.22. The van der Waals surface area contributed by atoms with E-state index in [1.54, 1.807) is 31.2 Å². The lowest BCUT2D eigenvalue weighted by Gasteiger charge is -2.25. The van der Waals surface area contributed by atoms with Gasteiger partial charge in [-0.1, -0.05) is 36.7 Å². The number of nitrogens with one attached hydrogen (secondary N) is 2. The van der Waals surface area contributed by atoms with Gasteiger partial charge in [0.15, 0.2) is 0 Å². The van der Waals surface area contributed by atoms with Crippen LogP contribution in [0.3, 0.4) is 0 Å². The number of benzene rings is 1. The van der Waals surface area contributed by atoms with Crippen molar-refractivity contribution in [3.05, 3.63) is 47.5 Å². The summed E-state index contributed by atoms with van der Waals surface area (Å²) in [4.78, 5) is 37.7. The summed E-state index contributed by atoms with van der Waals surface area (Å²) in [6, 6.07) is 6.14. The van der Waals surface area contributed by atoms with Crippen LogP contribution in [0.15, 0.2) is 36.9 Å². The lowest BCUT2D eigenvalue weighted by molar-refractivity contribution is -0.135. The lowest BCUT2D eigenvalue weighted by atomic mass is 9.87. The molecule has 0 aliphatic carbocycles. The summed E-state index contributed by atoms with van der Waals surface area (Å²) in [6.07, 6.45) is 1.89. The normalized spacial score (nSPS) is 20.3. The van der Waals surface area contributed by atoms with E-state index in [4.69, 9.17) is 11.6 Å². The molecule has 6 nitrogen and oxygen atoms in total. The number of imide groups is 1. The number of carbonyl (C=O) groups is 3. The smallest absolute Gasteiger partial charge is 0.325 e. The van der Waals surface area contributed by atoms with E-state index in [1.165, 1.54) is 6.08 Å². The van der Waals surface area contributed by atoms with Crippen LogP contribution in [0.4, 0.5) is 4.79 Å². The second kappa shape index (κ2) is 6.83. The minimum absolute atomic E-state index is 0.276. The first-order valence-corrected chi connectivity index (χ1v) is 7.60. The molecular formula is C16H18ClN3O3. The molecule has 0 aromatic heterocycles. The maximum atomic E-state index is 12.8. The van der Waals surface area contributed by atoms with Crippen molar-refractivity contribution in [2.75, 3.05) is 13.1 Å². The maximum Gasteiger partial charge on any atom is 0.325 e. The molecule has 23 heavy (non-hydrogen) atoms. The van der Waals surface area contributed by atoms with E-state index >= 15 is 0 Å². The standard InChI is InChI=1S/C16H18ClN3O3/c1-3-9-18-13(21)10-20-14(22)16(4-2,19-15(20)23)11-5-7-12(17)8-6-11/h3,5-8H,1,4,9-10H2,2H3,(H,18,21)(H,19,23)/t16-/m0/s1. The third kappa shape index (κ3) is 3.22. The van der Waals surface area contributed by atoms with E-state index < -0.39 is 23.4 Å². The topological polar surface area (TPSA) is 78.5 Å². The number of amides is 4. The molecule has 0 bridgehead atoms. The van der Waals surface area contributed by atoms with Gasteiger partial charge in [-0.05, 0) is 24.1 Å². The number of rotatable bonds is 6. The van der Waals surface area contributed by atoms with Crippen molar-refractivity contribution < 1.29 is 14.4 Å². The fourth-order valence-corrected chi connectivity index (χ4v) is 2.66. The second-order valence-corrected chi connectivity index (χ2v) is 5.62. The van der Waals surface area contributed by atoms with Crippen LogP contribution < -0.4 is 10.6 Å². The number of hydrogen-bond donors (Lipinski definition) is 2. The zero-order chi connectivity index (χ0) is 17.0. The highest BCUT2D eigenvalue weighted by atomic mass is 35.5. The predicted molar refractivity (Wildman–Crippen MR) is 86.9 cm³/mol. The van der Waals surface area contributed by atoms with E-state index in [2.05, 4.69) is 17.2 Å². The highest BCUT2D eigenvalue weighted by Crippen LogP contribution is 2.32. The minimum Gasteiger partial charge on any atom is -0.351 e. The van der Waals surface area contributed by atoms with Crippen LogP contribution in [0.1, 0.15) is 18.9 Å². The zero-order valence-corrected chi connectivity index (χ0v) is 13.5. The maximum absolute atomic E-state index is 12.8. The number of carbonyl (C=O) groups excluding carboxylic acids is 3. The first-order chi connectivity index (χ1) is 10.9. The van der Waals surface area contributed by atoms with E-state index in [0.29, 0.717) is 17.0 Å². The molecule has 7 heteroatoms. The van der Waals surface area contributed by atoms with Gasteiger partial charge in [0.25, 0.3) is 5.91 Å². The number of hydrogen-bond acceptors (Lipinski definition) is 3. The Kier molecular flexibility index (Phi) is 5.05. The Morgan fingerprint density at radius 1 is 1.39 bits per heavy atom. The Morgan fingerprint density at radius 3 is 2.61 bits per heavy atom. The van der Waals surface area contributed by atoms with Gasteiger partial charge in [0.05, 0.1) is 0 Å². The molecule has 1 atom stereocenters. The van der Waals surface area contributed by atoms with Crippen LogP contribution in [0, 0.1) is 0 Å². The molecule has 4 amide bonds. The molecule has 0 radical (unpaired) electrons. The molecular weight excluding hydrogens is 318 g/mol. The molecule has 1 aromatic carbocycles. The second-order valence-electron chi connectivity index (χ2n) is 5.18. The highest BCUT2D eigenvalue weighted by Gasteiger charge is 2.51. The molecule has 0 saturated carbocycles. The highest BCUT2D eigenvalue weighted by molar-refractivity contribution is 6.30. The molecule has 0 spiro atoms. The number of nitrogens with zero attached hydrogens (tertiary/aromatic N) is 1. The Labute approximate surface area is 139 Å². The van der Waals surface area contributed by atoms with Gasteiger partial charge >= 0.3 is 6.03 Å². The van der Waals surface area contributed by atoms with Crippen molar-refractivity contribution >= 4 is 29.4 Å². The van der Waals surface area contributed by atoms with Crippen molar-refractivity contribution in [2.24, 2.45) is 0 Å². The molecule has 1 aromatic rings. The van der Waals surface area contributed by atoms with Gasteiger partial charge in [0, 0.05) is 11.6 Å². The lowest BCUT2D eigenvalue weighted by Crippen LogP contribution is -2.44. The van der Waals surface area contributed by atoms with E-state index in [1.807, 2.05) is 0 Å². The van der Waals surface area contributed by atoms with E-state index in [-0.39, 0.29) is 13.1 Å². The van der Waals surface area contributed by atoms with Crippen molar-refractivity contribution in [1.82, 2.24) is 15.5 Å². The van der Waals surface area contributed by atoms with Gasteiger partial charge in [0.2, 0.25) is 5.91 Å². The molecule has 1 aliphatic rings. The monoisotopic (exact) mass is 335 g/mol. The minimum atomic E-state index is -1.17. The van der Waals surface area contributed by atoms with Gasteiger partial charge < -0.3 is 10.6 Å². The zero-order valence-electron chi connectivity index (χ0n) is 12.8. The van der Waals surface area contributed by atoms with Crippen LogP contribution in [-0.4, -0.2) is 35.8 Å². The predicted octanol–water partition coefficient (Wildman–Crippen LogP) is 1.80. The molecule has 1 heterocycles. The Bertz CT molecular complexity index is 644. The summed E-state index contributed by atoms with van der Waals surface area (Å²) in [7, 11) is 0. The summed E-state index contributed by atoms with van der Waals surface area (Å²) >= 11 is 5.87. The quantitative estimate of drug-likeness (QED) is 0.614. The van der Waals surface area contributed by atoms with Crippen LogP contribution in [-0.2, 0) is 15.1 Å². The average Bonchev–Trinajstić information content (AvgIpc) is 2.78. The Morgan fingerprint density at radius 2 is 2.04 bits per heavy atom. The van der Waals surface area contributed by atoms with Gasteiger partial charge in [-0.25, -0.2) is 4.79 Å². The van der Waals surface area contributed by atoms with Crippen LogP contribution in [0.25, 0.3) is 0 Å². The van der Waals surface area contributed by atoms with Gasteiger partial charge in [-0.15, -0.1) is 6.58 Å². The van der Waals surface area contributed by atoms with Crippen molar-refractivity contribution in [1.29, 1.82) is 0 Å². The van der Waals surface area contributed by atoms with Crippen LogP contribution in [0.2, 0.25) is 5.02 Å². The largest absolute Gasteiger partial charge is 0.351 e. The van der Waals surface area contributed by atoms with Gasteiger partial charge in [0.1, 0.15) is 12.1 Å². The fraction of sp³-hybridized carbons (Fsp3) is 0.312.